The van der Waals surface area contributed by atoms with Gasteiger partial charge in [0, 0.05) is 13.6 Å². The van der Waals surface area contributed by atoms with Gasteiger partial charge in [-0.2, -0.15) is 13.2 Å². The minimum atomic E-state index is -4.64. The normalized spacial score (nSPS) is 14.1. The molecule has 0 aliphatic heterocycles. The molecule has 0 fully saturated rings. The zero-order valence-electron chi connectivity index (χ0n) is 11.6. The van der Waals surface area contributed by atoms with E-state index in [2.05, 4.69) is 0 Å². The van der Waals surface area contributed by atoms with E-state index in [9.17, 15) is 26.4 Å². The van der Waals surface area contributed by atoms with Crippen LogP contribution in [0.2, 0.25) is 5.02 Å². The number of benzene rings is 1. The molecule has 1 aromatic carbocycles. The smallest absolute Gasteiger partial charge is 0.416 e. The quantitative estimate of drug-likeness (QED) is 0.877. The lowest BCUT2D eigenvalue weighted by Gasteiger charge is -2.20. The van der Waals surface area contributed by atoms with Gasteiger partial charge in [-0.15, -0.1) is 0 Å². The zero-order chi connectivity index (χ0) is 17.3. The van der Waals surface area contributed by atoms with Crippen LogP contribution in [0.3, 0.4) is 0 Å². The highest BCUT2D eigenvalue weighted by atomic mass is 35.5. The Hall–Kier alpha value is -1.32. The Labute approximate surface area is 130 Å². The molecule has 1 N–H and O–H groups in total. The Morgan fingerprint density at radius 3 is 2.36 bits per heavy atom. The summed E-state index contributed by atoms with van der Waals surface area (Å²) >= 11 is 5.64. The molecule has 22 heavy (non-hydrogen) atoms. The fraction of sp³-hybridized carbons (Fsp3) is 0.417. The number of hydrogen-bond donors (Lipinski definition) is 1. The molecule has 1 aromatic rings. The third kappa shape index (κ3) is 4.11. The molecule has 0 bridgehead atoms. The summed E-state index contributed by atoms with van der Waals surface area (Å²) in [5.41, 5.74) is -1.07. The van der Waals surface area contributed by atoms with E-state index in [0.717, 1.165) is 17.4 Å². The SMILES string of the molecule is CC(CN(C)S(=O)(=O)c1ccc(C(F)(F)F)cc1Cl)C(=O)O. The van der Waals surface area contributed by atoms with E-state index in [1.165, 1.54) is 6.92 Å². The fourth-order valence-corrected chi connectivity index (χ4v) is 3.39. The topological polar surface area (TPSA) is 74.7 Å². The van der Waals surface area contributed by atoms with Crippen molar-refractivity contribution in [3.8, 4) is 0 Å². The van der Waals surface area contributed by atoms with E-state index >= 15 is 0 Å². The predicted molar refractivity (Wildman–Crippen MR) is 73.1 cm³/mol. The summed E-state index contributed by atoms with van der Waals surface area (Å²) in [6.45, 7) is 0.970. The Kier molecular flexibility index (Phi) is 5.47. The molecule has 0 heterocycles. The highest BCUT2D eigenvalue weighted by molar-refractivity contribution is 7.89. The lowest BCUT2D eigenvalue weighted by Crippen LogP contribution is -2.33. The van der Waals surface area contributed by atoms with Crippen LogP contribution in [-0.2, 0) is 21.0 Å². The summed E-state index contributed by atoms with van der Waals surface area (Å²) in [7, 11) is -3.06. The Bertz CT molecular complexity index is 675. The molecule has 1 rings (SSSR count). The largest absolute Gasteiger partial charge is 0.481 e. The van der Waals surface area contributed by atoms with E-state index < -0.39 is 43.6 Å². The molecule has 0 saturated heterocycles. The minimum Gasteiger partial charge on any atom is -0.481 e. The number of hydrogen-bond acceptors (Lipinski definition) is 3. The molecular weight excluding hydrogens is 347 g/mol. The molecule has 10 heteroatoms. The second-order valence-electron chi connectivity index (χ2n) is 4.67. The van der Waals surface area contributed by atoms with Crippen LogP contribution in [0.4, 0.5) is 13.2 Å². The van der Waals surface area contributed by atoms with Crippen molar-refractivity contribution >= 4 is 27.6 Å². The van der Waals surface area contributed by atoms with Crippen molar-refractivity contribution in [1.82, 2.24) is 4.31 Å². The van der Waals surface area contributed by atoms with Crippen LogP contribution in [0.15, 0.2) is 23.1 Å². The first-order valence-electron chi connectivity index (χ1n) is 5.93. The Balaban J connectivity index is 3.16. The molecule has 1 unspecified atom stereocenters. The summed E-state index contributed by atoms with van der Waals surface area (Å²) in [4.78, 5) is 10.2. The molecular formula is C12H13ClF3NO4S. The van der Waals surface area contributed by atoms with Crippen LogP contribution in [0, 0.1) is 5.92 Å². The molecule has 124 valence electrons. The monoisotopic (exact) mass is 359 g/mol. The van der Waals surface area contributed by atoms with Gasteiger partial charge in [0.2, 0.25) is 10.0 Å². The van der Waals surface area contributed by atoms with Crippen molar-refractivity contribution in [2.75, 3.05) is 13.6 Å². The lowest BCUT2D eigenvalue weighted by molar-refractivity contribution is -0.141. The van der Waals surface area contributed by atoms with Crippen molar-refractivity contribution < 1.29 is 31.5 Å². The first kappa shape index (κ1) is 18.7. The van der Waals surface area contributed by atoms with Crippen molar-refractivity contribution in [2.24, 2.45) is 5.92 Å². The summed E-state index contributed by atoms with van der Waals surface area (Å²) < 4.78 is 62.8. The second-order valence-corrected chi connectivity index (χ2v) is 7.09. The summed E-state index contributed by atoms with van der Waals surface area (Å²) in [5.74, 6) is -2.17. The third-order valence-corrected chi connectivity index (χ3v) is 5.21. The zero-order valence-corrected chi connectivity index (χ0v) is 13.1. The van der Waals surface area contributed by atoms with Crippen LogP contribution >= 0.6 is 11.6 Å². The molecule has 5 nitrogen and oxygen atoms in total. The number of nitrogens with zero attached hydrogens (tertiary/aromatic N) is 1. The molecule has 1 atom stereocenters. The number of rotatable bonds is 5. The molecule has 0 radical (unpaired) electrons. The first-order chi connectivity index (χ1) is 9.87. The Morgan fingerprint density at radius 1 is 1.41 bits per heavy atom. The molecule has 0 spiro atoms. The predicted octanol–water partition coefficient (Wildman–Crippen LogP) is 2.70. The lowest BCUT2D eigenvalue weighted by atomic mass is 10.2. The van der Waals surface area contributed by atoms with Gasteiger partial charge in [-0.05, 0) is 18.2 Å². The standard InChI is InChI=1S/C12H13ClF3NO4S/c1-7(11(18)19)6-17(2)22(20,21)10-4-3-8(5-9(10)13)12(14,15)16/h3-5,7H,6H2,1-2H3,(H,18,19). The highest BCUT2D eigenvalue weighted by Gasteiger charge is 2.33. The average molecular weight is 360 g/mol. The number of carboxylic acids is 1. The number of alkyl halides is 3. The van der Waals surface area contributed by atoms with E-state index in [1.807, 2.05) is 0 Å². The van der Waals surface area contributed by atoms with Gasteiger partial charge >= 0.3 is 12.1 Å². The number of halogens is 4. The van der Waals surface area contributed by atoms with E-state index in [-0.39, 0.29) is 6.54 Å². The minimum absolute atomic E-state index is 0.338. The molecule has 0 aliphatic carbocycles. The maximum Gasteiger partial charge on any atom is 0.416 e. The van der Waals surface area contributed by atoms with Crippen LogP contribution in [0.5, 0.6) is 0 Å². The van der Waals surface area contributed by atoms with Crippen LogP contribution < -0.4 is 0 Å². The molecule has 0 aromatic heterocycles. The van der Waals surface area contributed by atoms with Gasteiger partial charge < -0.3 is 5.11 Å². The van der Waals surface area contributed by atoms with Crippen molar-refractivity contribution in [3.05, 3.63) is 28.8 Å². The van der Waals surface area contributed by atoms with Gasteiger partial charge in [0.05, 0.1) is 16.5 Å². The van der Waals surface area contributed by atoms with Crippen molar-refractivity contribution in [1.29, 1.82) is 0 Å². The summed E-state index contributed by atoms with van der Waals surface area (Å²) in [6.07, 6.45) is -4.64. The van der Waals surface area contributed by atoms with E-state index in [4.69, 9.17) is 16.7 Å². The fourth-order valence-electron chi connectivity index (χ4n) is 1.62. The van der Waals surface area contributed by atoms with Gasteiger partial charge in [0.1, 0.15) is 4.90 Å². The van der Waals surface area contributed by atoms with Crippen molar-refractivity contribution in [3.63, 3.8) is 0 Å². The maximum absolute atomic E-state index is 12.5. The first-order valence-corrected chi connectivity index (χ1v) is 7.75. The molecule has 0 aliphatic rings. The summed E-state index contributed by atoms with van der Waals surface area (Å²) in [6, 6.07) is 1.87. The number of carboxylic acid groups (broad SMARTS) is 1. The van der Waals surface area contributed by atoms with E-state index in [1.54, 1.807) is 0 Å². The number of carbonyl (C=O) groups is 1. The van der Waals surface area contributed by atoms with E-state index in [0.29, 0.717) is 12.1 Å². The van der Waals surface area contributed by atoms with Crippen LogP contribution in [0.1, 0.15) is 12.5 Å². The van der Waals surface area contributed by atoms with Gasteiger partial charge in [0.15, 0.2) is 0 Å². The number of sulfonamides is 1. The molecule has 0 saturated carbocycles. The van der Waals surface area contributed by atoms with Gasteiger partial charge in [0.25, 0.3) is 0 Å². The second kappa shape index (κ2) is 6.43. The average Bonchev–Trinajstić information content (AvgIpc) is 2.36. The maximum atomic E-state index is 12.5. The van der Waals surface area contributed by atoms with Crippen LogP contribution in [-0.4, -0.2) is 37.4 Å². The number of aliphatic carboxylic acids is 1. The van der Waals surface area contributed by atoms with Crippen LogP contribution in [0.25, 0.3) is 0 Å². The Morgan fingerprint density at radius 2 is 1.95 bits per heavy atom. The van der Waals surface area contributed by atoms with Gasteiger partial charge in [-0.25, -0.2) is 12.7 Å². The third-order valence-electron chi connectivity index (χ3n) is 2.90. The van der Waals surface area contributed by atoms with Gasteiger partial charge in [-0.1, -0.05) is 18.5 Å². The molecule has 0 amide bonds. The highest BCUT2D eigenvalue weighted by Crippen LogP contribution is 2.34. The van der Waals surface area contributed by atoms with Crippen molar-refractivity contribution in [2.45, 2.75) is 18.0 Å². The summed E-state index contributed by atoms with van der Waals surface area (Å²) in [5, 5.41) is 8.20. The van der Waals surface area contributed by atoms with Gasteiger partial charge in [-0.3, -0.25) is 4.79 Å².